The van der Waals surface area contributed by atoms with E-state index in [2.05, 4.69) is 16.7 Å². The zero-order chi connectivity index (χ0) is 24.1. The highest BCUT2D eigenvalue weighted by Crippen LogP contribution is 2.42. The lowest BCUT2D eigenvalue weighted by Crippen LogP contribution is -2.44. The molecule has 7 nitrogen and oxygen atoms in total. The number of rotatable bonds is 6. The standard InChI is InChI=1S/C22H16Cl3N3O4S/c1-32-22(31)19-18(14-4-2-3-5-16(14)25)15(9-26)21(28-20(19)30)33-10-17(29)27-13-7-11(23)6-12(24)8-13/h2-8,18-19H,10H2,1H3,(H,27,29)(H,28,30)/t18-,19+/m0/s1. The first kappa shape index (κ1) is 24.9. The number of methoxy groups -OCH3 is 1. The van der Waals surface area contributed by atoms with E-state index >= 15 is 0 Å². The van der Waals surface area contributed by atoms with Crippen molar-refractivity contribution in [3.8, 4) is 6.07 Å². The van der Waals surface area contributed by atoms with E-state index in [0.717, 1.165) is 18.9 Å². The van der Waals surface area contributed by atoms with Crippen LogP contribution in [-0.2, 0) is 19.1 Å². The maximum absolute atomic E-state index is 12.8. The number of hydrogen-bond donors (Lipinski definition) is 2. The van der Waals surface area contributed by atoms with E-state index in [-0.39, 0.29) is 16.4 Å². The second-order valence-electron chi connectivity index (χ2n) is 6.84. The maximum Gasteiger partial charge on any atom is 0.319 e. The normalized spacial score (nSPS) is 17.7. The second-order valence-corrected chi connectivity index (χ2v) is 9.10. The minimum absolute atomic E-state index is 0.0988. The van der Waals surface area contributed by atoms with Crippen molar-refractivity contribution in [1.82, 2.24) is 5.32 Å². The fraction of sp³-hybridized carbons (Fsp3) is 0.182. The highest BCUT2D eigenvalue weighted by molar-refractivity contribution is 8.03. The van der Waals surface area contributed by atoms with E-state index in [1.165, 1.54) is 18.2 Å². The van der Waals surface area contributed by atoms with Gasteiger partial charge in [0.25, 0.3) is 0 Å². The summed E-state index contributed by atoms with van der Waals surface area (Å²) in [5.41, 5.74) is 0.929. The Morgan fingerprint density at radius 1 is 1.18 bits per heavy atom. The van der Waals surface area contributed by atoms with Gasteiger partial charge < -0.3 is 15.4 Å². The Labute approximate surface area is 209 Å². The number of halogens is 3. The second kappa shape index (κ2) is 10.9. The van der Waals surface area contributed by atoms with Crippen LogP contribution in [0.1, 0.15) is 11.5 Å². The zero-order valence-corrected chi connectivity index (χ0v) is 20.1. The summed E-state index contributed by atoms with van der Waals surface area (Å²) in [5.74, 6) is -4.29. The minimum atomic E-state index is -1.31. The lowest BCUT2D eigenvalue weighted by molar-refractivity contribution is -0.150. The topological polar surface area (TPSA) is 108 Å². The lowest BCUT2D eigenvalue weighted by atomic mass is 9.78. The summed E-state index contributed by atoms with van der Waals surface area (Å²) in [6, 6.07) is 13.3. The molecule has 0 saturated carbocycles. The molecule has 2 amide bonds. The van der Waals surface area contributed by atoms with Crippen molar-refractivity contribution < 1.29 is 19.1 Å². The van der Waals surface area contributed by atoms with E-state index in [9.17, 15) is 19.6 Å². The Hall–Kier alpha value is -2.70. The number of carbonyl (C=O) groups excluding carboxylic acids is 3. The summed E-state index contributed by atoms with van der Waals surface area (Å²) in [4.78, 5) is 37.7. The number of ether oxygens (including phenoxy) is 1. The van der Waals surface area contributed by atoms with Crippen molar-refractivity contribution in [2.75, 3.05) is 18.2 Å². The van der Waals surface area contributed by atoms with Crippen LogP contribution in [0.2, 0.25) is 15.1 Å². The number of carbonyl (C=O) groups is 3. The average Bonchev–Trinajstić information content (AvgIpc) is 2.76. The summed E-state index contributed by atoms with van der Waals surface area (Å²) in [7, 11) is 1.16. The number of anilines is 1. The van der Waals surface area contributed by atoms with Gasteiger partial charge in [-0.25, -0.2) is 0 Å². The molecule has 2 atom stereocenters. The van der Waals surface area contributed by atoms with Crippen molar-refractivity contribution in [1.29, 1.82) is 5.26 Å². The van der Waals surface area contributed by atoms with Gasteiger partial charge in [-0.1, -0.05) is 64.8 Å². The summed E-state index contributed by atoms with van der Waals surface area (Å²) in [5, 5.41) is 16.3. The van der Waals surface area contributed by atoms with Crippen LogP contribution in [0.4, 0.5) is 5.69 Å². The van der Waals surface area contributed by atoms with E-state index in [0.29, 0.717) is 26.3 Å². The number of nitrogens with one attached hydrogen (secondary N) is 2. The molecule has 2 aromatic rings. The third kappa shape index (κ3) is 5.81. The molecule has 0 aromatic heterocycles. The molecule has 33 heavy (non-hydrogen) atoms. The number of nitrogens with zero attached hydrogens (tertiary/aromatic N) is 1. The fourth-order valence-corrected chi connectivity index (χ4v) is 4.97. The molecule has 2 N–H and O–H groups in total. The molecule has 0 unspecified atom stereocenters. The Bertz CT molecular complexity index is 1180. The fourth-order valence-electron chi connectivity index (χ4n) is 3.34. The van der Waals surface area contributed by atoms with Crippen molar-refractivity contribution in [2.45, 2.75) is 5.92 Å². The van der Waals surface area contributed by atoms with Crippen molar-refractivity contribution >= 4 is 70.0 Å². The minimum Gasteiger partial charge on any atom is -0.468 e. The van der Waals surface area contributed by atoms with Crippen molar-refractivity contribution in [3.05, 3.63) is 73.7 Å². The number of allylic oxidation sites excluding steroid dienone is 1. The van der Waals surface area contributed by atoms with E-state index in [1.807, 2.05) is 0 Å². The molecular weight excluding hydrogens is 509 g/mol. The zero-order valence-electron chi connectivity index (χ0n) is 17.0. The highest BCUT2D eigenvalue weighted by atomic mass is 35.5. The van der Waals surface area contributed by atoms with Crippen LogP contribution in [0.3, 0.4) is 0 Å². The Balaban J connectivity index is 1.90. The Morgan fingerprint density at radius 3 is 2.45 bits per heavy atom. The molecule has 0 bridgehead atoms. The van der Waals surface area contributed by atoms with Gasteiger partial charge in [0.05, 0.1) is 29.5 Å². The predicted molar refractivity (Wildman–Crippen MR) is 128 cm³/mol. The van der Waals surface area contributed by atoms with Gasteiger partial charge in [0, 0.05) is 26.7 Å². The largest absolute Gasteiger partial charge is 0.468 e. The number of amides is 2. The van der Waals surface area contributed by atoms with Crippen LogP contribution >= 0.6 is 46.6 Å². The van der Waals surface area contributed by atoms with E-state index in [1.54, 1.807) is 24.3 Å². The van der Waals surface area contributed by atoms with Gasteiger partial charge in [-0.3, -0.25) is 14.4 Å². The first-order chi connectivity index (χ1) is 15.7. The third-order valence-electron chi connectivity index (χ3n) is 4.72. The van der Waals surface area contributed by atoms with Gasteiger partial charge >= 0.3 is 5.97 Å². The molecule has 0 fully saturated rings. The van der Waals surface area contributed by atoms with Gasteiger partial charge in [0.15, 0.2) is 0 Å². The highest BCUT2D eigenvalue weighted by Gasteiger charge is 2.45. The number of nitriles is 1. The number of thioether (sulfide) groups is 1. The van der Waals surface area contributed by atoms with Gasteiger partial charge in [-0.15, -0.1) is 0 Å². The molecular formula is C22H16Cl3N3O4S. The van der Waals surface area contributed by atoms with Crippen LogP contribution in [-0.4, -0.2) is 30.6 Å². The van der Waals surface area contributed by atoms with Gasteiger partial charge in [0.1, 0.15) is 5.92 Å². The predicted octanol–water partition coefficient (Wildman–Crippen LogP) is 4.76. The first-order valence-electron chi connectivity index (χ1n) is 9.41. The van der Waals surface area contributed by atoms with Crippen LogP contribution in [0.25, 0.3) is 0 Å². The van der Waals surface area contributed by atoms with Crippen molar-refractivity contribution in [3.63, 3.8) is 0 Å². The Morgan fingerprint density at radius 2 is 1.85 bits per heavy atom. The first-order valence-corrected chi connectivity index (χ1v) is 11.5. The van der Waals surface area contributed by atoms with Gasteiger partial charge in [0.2, 0.25) is 11.8 Å². The number of benzene rings is 2. The molecule has 1 aliphatic rings. The summed E-state index contributed by atoms with van der Waals surface area (Å²) < 4.78 is 4.80. The molecule has 2 aromatic carbocycles. The van der Waals surface area contributed by atoms with E-state index < -0.39 is 29.6 Å². The summed E-state index contributed by atoms with van der Waals surface area (Å²) in [6.07, 6.45) is 0. The summed E-state index contributed by atoms with van der Waals surface area (Å²) in [6.45, 7) is 0. The van der Waals surface area contributed by atoms with Crippen LogP contribution in [0.5, 0.6) is 0 Å². The molecule has 1 aliphatic heterocycles. The number of esters is 1. The molecule has 170 valence electrons. The molecule has 3 rings (SSSR count). The van der Waals surface area contributed by atoms with Crippen LogP contribution in [0, 0.1) is 17.2 Å². The molecule has 0 spiro atoms. The Kier molecular flexibility index (Phi) is 8.27. The lowest BCUT2D eigenvalue weighted by Gasteiger charge is -2.31. The average molecular weight is 525 g/mol. The van der Waals surface area contributed by atoms with Crippen LogP contribution < -0.4 is 10.6 Å². The quantitative estimate of drug-likeness (QED) is 0.417. The molecule has 0 aliphatic carbocycles. The van der Waals surface area contributed by atoms with E-state index in [4.69, 9.17) is 39.5 Å². The smallest absolute Gasteiger partial charge is 0.319 e. The summed E-state index contributed by atoms with van der Waals surface area (Å²) >= 11 is 19.2. The molecule has 0 radical (unpaired) electrons. The molecule has 0 saturated heterocycles. The SMILES string of the molecule is COC(=O)[C@H]1C(=O)NC(SCC(=O)Nc2cc(Cl)cc(Cl)c2)=C(C#N)[C@@H]1c1ccccc1Cl. The van der Waals surface area contributed by atoms with Crippen LogP contribution in [0.15, 0.2) is 53.1 Å². The number of hydrogen-bond acceptors (Lipinski definition) is 6. The molecule has 11 heteroatoms. The molecule has 1 heterocycles. The monoisotopic (exact) mass is 523 g/mol. The van der Waals surface area contributed by atoms with Gasteiger partial charge in [-0.2, -0.15) is 5.26 Å². The van der Waals surface area contributed by atoms with Gasteiger partial charge in [-0.05, 0) is 29.8 Å². The van der Waals surface area contributed by atoms with Crippen molar-refractivity contribution in [2.24, 2.45) is 5.92 Å². The maximum atomic E-state index is 12.8. The third-order valence-corrected chi connectivity index (χ3v) is 6.52.